The van der Waals surface area contributed by atoms with E-state index in [2.05, 4.69) is 21.0 Å². The van der Waals surface area contributed by atoms with E-state index in [1.807, 2.05) is 32.2 Å². The number of halogens is 2. The number of hydrogen-bond donors (Lipinski definition) is 1. The zero-order chi connectivity index (χ0) is 12.6. The molecular weight excluding hydrogens is 302 g/mol. The smallest absolute Gasteiger partial charge is 0.0749 e. The second-order valence-electron chi connectivity index (χ2n) is 3.96. The van der Waals surface area contributed by atoms with E-state index in [-0.39, 0.29) is 6.04 Å². The molecular formula is C12H13BrClN3. The number of aromatic nitrogens is 2. The van der Waals surface area contributed by atoms with Gasteiger partial charge in [-0.3, -0.25) is 4.68 Å². The Balaban J connectivity index is 2.51. The monoisotopic (exact) mass is 313 g/mol. The maximum atomic E-state index is 6.28. The van der Waals surface area contributed by atoms with Crippen LogP contribution in [0.4, 0.5) is 0 Å². The SMILES string of the molecule is Cc1cccc(C(N)c2c(Br)cnn2C)c1Cl. The van der Waals surface area contributed by atoms with Crippen LogP contribution in [0.3, 0.4) is 0 Å². The minimum atomic E-state index is -0.288. The van der Waals surface area contributed by atoms with Crippen molar-refractivity contribution in [2.75, 3.05) is 0 Å². The number of rotatable bonds is 2. The van der Waals surface area contributed by atoms with Gasteiger partial charge in [-0.15, -0.1) is 0 Å². The Kier molecular flexibility index (Phi) is 3.56. The van der Waals surface area contributed by atoms with Crippen LogP contribution in [0.1, 0.15) is 22.9 Å². The highest BCUT2D eigenvalue weighted by Crippen LogP contribution is 2.31. The van der Waals surface area contributed by atoms with E-state index in [9.17, 15) is 0 Å². The molecule has 2 N–H and O–H groups in total. The highest BCUT2D eigenvalue weighted by atomic mass is 79.9. The Hall–Kier alpha value is -0.840. The largest absolute Gasteiger partial charge is 0.319 e. The normalized spacial score (nSPS) is 12.8. The van der Waals surface area contributed by atoms with Crippen LogP contribution < -0.4 is 5.73 Å². The Labute approximate surface area is 114 Å². The van der Waals surface area contributed by atoms with Crippen molar-refractivity contribution >= 4 is 27.5 Å². The third-order valence-corrected chi connectivity index (χ3v) is 3.92. The van der Waals surface area contributed by atoms with Gasteiger partial charge in [0.15, 0.2) is 0 Å². The van der Waals surface area contributed by atoms with Gasteiger partial charge in [0.2, 0.25) is 0 Å². The first kappa shape index (κ1) is 12.6. The van der Waals surface area contributed by atoms with E-state index in [0.29, 0.717) is 5.02 Å². The van der Waals surface area contributed by atoms with E-state index in [1.165, 1.54) is 0 Å². The van der Waals surface area contributed by atoms with Gasteiger partial charge >= 0.3 is 0 Å². The molecule has 90 valence electrons. The molecule has 0 spiro atoms. The third kappa shape index (κ3) is 2.25. The molecule has 5 heteroatoms. The first-order valence-corrected chi connectivity index (χ1v) is 6.37. The molecule has 3 nitrogen and oxygen atoms in total. The molecule has 0 aliphatic heterocycles. The van der Waals surface area contributed by atoms with Crippen LogP contribution in [0.5, 0.6) is 0 Å². The molecule has 17 heavy (non-hydrogen) atoms. The lowest BCUT2D eigenvalue weighted by Crippen LogP contribution is -2.17. The summed E-state index contributed by atoms with van der Waals surface area (Å²) in [5.41, 5.74) is 9.11. The minimum absolute atomic E-state index is 0.288. The van der Waals surface area contributed by atoms with Gasteiger partial charge < -0.3 is 5.73 Å². The zero-order valence-corrected chi connectivity index (χ0v) is 12.0. The van der Waals surface area contributed by atoms with Crippen molar-refractivity contribution in [3.63, 3.8) is 0 Å². The highest BCUT2D eigenvalue weighted by Gasteiger charge is 2.19. The van der Waals surface area contributed by atoms with Crippen molar-refractivity contribution < 1.29 is 0 Å². The van der Waals surface area contributed by atoms with Crippen molar-refractivity contribution in [1.82, 2.24) is 9.78 Å². The second kappa shape index (κ2) is 4.80. The molecule has 1 heterocycles. The zero-order valence-electron chi connectivity index (χ0n) is 9.61. The Morgan fingerprint density at radius 2 is 2.18 bits per heavy atom. The average molecular weight is 315 g/mol. The molecule has 0 amide bonds. The summed E-state index contributed by atoms with van der Waals surface area (Å²) in [6.45, 7) is 1.97. The first-order valence-electron chi connectivity index (χ1n) is 5.20. The lowest BCUT2D eigenvalue weighted by atomic mass is 10.0. The molecule has 0 aliphatic carbocycles. The van der Waals surface area contributed by atoms with E-state index < -0.39 is 0 Å². The molecule has 1 unspecified atom stereocenters. The summed E-state index contributed by atoms with van der Waals surface area (Å²) in [6.07, 6.45) is 1.74. The van der Waals surface area contributed by atoms with Gasteiger partial charge in [-0.05, 0) is 34.0 Å². The summed E-state index contributed by atoms with van der Waals surface area (Å²) in [5, 5.41) is 4.88. The summed E-state index contributed by atoms with van der Waals surface area (Å²) >= 11 is 9.74. The molecule has 1 atom stereocenters. The topological polar surface area (TPSA) is 43.8 Å². The first-order chi connectivity index (χ1) is 8.02. The second-order valence-corrected chi connectivity index (χ2v) is 5.19. The number of nitrogens with zero attached hydrogens (tertiary/aromatic N) is 2. The molecule has 2 aromatic rings. The predicted molar refractivity (Wildman–Crippen MR) is 73.1 cm³/mol. The lowest BCUT2D eigenvalue weighted by molar-refractivity contribution is 0.671. The molecule has 1 aromatic heterocycles. The fourth-order valence-electron chi connectivity index (χ4n) is 1.83. The molecule has 2 rings (SSSR count). The number of benzene rings is 1. The van der Waals surface area contributed by atoms with Gasteiger partial charge in [0.05, 0.1) is 22.4 Å². The minimum Gasteiger partial charge on any atom is -0.319 e. The van der Waals surface area contributed by atoms with E-state index in [1.54, 1.807) is 10.9 Å². The number of aryl methyl sites for hydroxylation is 2. The Bertz CT molecular complexity index is 531. The summed E-state index contributed by atoms with van der Waals surface area (Å²) in [5.74, 6) is 0. The van der Waals surface area contributed by atoms with Crippen LogP contribution in [0, 0.1) is 6.92 Å². The standard InChI is InChI=1S/C12H13BrClN3/c1-7-4-3-5-8(10(7)14)11(15)12-9(13)6-16-17(12)2/h3-6,11H,15H2,1-2H3. The van der Waals surface area contributed by atoms with Crippen LogP contribution in [-0.4, -0.2) is 9.78 Å². The quantitative estimate of drug-likeness (QED) is 0.925. The molecule has 0 saturated heterocycles. The van der Waals surface area contributed by atoms with Crippen molar-refractivity contribution in [3.8, 4) is 0 Å². The van der Waals surface area contributed by atoms with Crippen LogP contribution in [0.15, 0.2) is 28.9 Å². The molecule has 0 bridgehead atoms. The van der Waals surface area contributed by atoms with Gasteiger partial charge in [0.25, 0.3) is 0 Å². The van der Waals surface area contributed by atoms with Crippen molar-refractivity contribution in [1.29, 1.82) is 0 Å². The van der Waals surface area contributed by atoms with Crippen LogP contribution in [0.25, 0.3) is 0 Å². The van der Waals surface area contributed by atoms with Crippen LogP contribution in [-0.2, 0) is 7.05 Å². The van der Waals surface area contributed by atoms with Gasteiger partial charge in [-0.2, -0.15) is 5.10 Å². The number of nitrogens with two attached hydrogens (primary N) is 1. The summed E-state index contributed by atoms with van der Waals surface area (Å²) in [7, 11) is 1.86. The maximum absolute atomic E-state index is 6.28. The number of hydrogen-bond acceptors (Lipinski definition) is 2. The fraction of sp³-hybridized carbons (Fsp3) is 0.250. The van der Waals surface area contributed by atoms with E-state index in [4.69, 9.17) is 17.3 Å². The van der Waals surface area contributed by atoms with Crippen molar-refractivity contribution in [2.24, 2.45) is 12.8 Å². The van der Waals surface area contributed by atoms with Crippen molar-refractivity contribution in [3.05, 3.63) is 50.7 Å². The fourth-order valence-corrected chi connectivity index (χ4v) is 2.67. The van der Waals surface area contributed by atoms with Crippen LogP contribution in [0.2, 0.25) is 5.02 Å². The van der Waals surface area contributed by atoms with E-state index in [0.717, 1.165) is 21.3 Å². The molecule has 0 fully saturated rings. The Morgan fingerprint density at radius 3 is 2.76 bits per heavy atom. The molecule has 1 aromatic carbocycles. The van der Waals surface area contributed by atoms with Gasteiger partial charge in [0.1, 0.15) is 0 Å². The third-order valence-electron chi connectivity index (χ3n) is 2.79. The lowest BCUT2D eigenvalue weighted by Gasteiger charge is -2.16. The molecule has 0 radical (unpaired) electrons. The summed E-state index contributed by atoms with van der Waals surface area (Å²) in [6, 6.07) is 5.58. The Morgan fingerprint density at radius 1 is 1.47 bits per heavy atom. The summed E-state index contributed by atoms with van der Waals surface area (Å²) < 4.78 is 2.65. The van der Waals surface area contributed by atoms with Gasteiger partial charge in [-0.25, -0.2) is 0 Å². The molecule has 0 saturated carbocycles. The van der Waals surface area contributed by atoms with Gasteiger partial charge in [0, 0.05) is 12.1 Å². The van der Waals surface area contributed by atoms with Gasteiger partial charge in [-0.1, -0.05) is 29.8 Å². The average Bonchev–Trinajstić information content (AvgIpc) is 2.62. The van der Waals surface area contributed by atoms with Crippen LogP contribution >= 0.6 is 27.5 Å². The van der Waals surface area contributed by atoms with E-state index >= 15 is 0 Å². The summed E-state index contributed by atoms with van der Waals surface area (Å²) in [4.78, 5) is 0. The highest BCUT2D eigenvalue weighted by molar-refractivity contribution is 9.10. The molecule has 0 aliphatic rings. The maximum Gasteiger partial charge on any atom is 0.0749 e. The predicted octanol–water partition coefficient (Wildman–Crippen LogP) is 3.19. The van der Waals surface area contributed by atoms with Crippen molar-refractivity contribution in [2.45, 2.75) is 13.0 Å².